The summed E-state index contributed by atoms with van der Waals surface area (Å²) in [6.45, 7) is 2.56. The average Bonchev–Trinajstić information content (AvgIpc) is 2.46. The van der Waals surface area contributed by atoms with Gasteiger partial charge in [0.15, 0.2) is 0 Å². The zero-order chi connectivity index (χ0) is 14.8. The molecule has 0 aromatic carbocycles. The SMILES string of the molecule is Cc1cccnc1CNC(=O)C1CC2CCCC(C1)C2N.Cl.Cl. The van der Waals surface area contributed by atoms with Crippen molar-refractivity contribution in [1.29, 1.82) is 0 Å². The van der Waals surface area contributed by atoms with Crippen molar-refractivity contribution in [3.8, 4) is 0 Å². The van der Waals surface area contributed by atoms with Gasteiger partial charge in [-0.25, -0.2) is 0 Å². The number of hydrogen-bond donors (Lipinski definition) is 2. The van der Waals surface area contributed by atoms with Crippen LogP contribution in [0.3, 0.4) is 0 Å². The predicted octanol–water partition coefficient (Wildman–Crippen LogP) is 3.00. The lowest BCUT2D eigenvalue weighted by Gasteiger charge is -2.43. The number of nitrogens with one attached hydrogen (secondary N) is 1. The first-order valence-electron chi connectivity index (χ1n) is 8.09. The zero-order valence-electron chi connectivity index (χ0n) is 13.5. The molecule has 4 nitrogen and oxygen atoms in total. The molecular formula is C17H27Cl2N3O. The van der Waals surface area contributed by atoms with Crippen molar-refractivity contribution in [2.45, 2.75) is 51.6 Å². The Morgan fingerprint density at radius 1 is 1.30 bits per heavy atom. The van der Waals surface area contributed by atoms with E-state index < -0.39 is 0 Å². The number of nitrogens with zero attached hydrogens (tertiary/aromatic N) is 1. The highest BCUT2D eigenvalue weighted by atomic mass is 35.5. The summed E-state index contributed by atoms with van der Waals surface area (Å²) in [7, 11) is 0. The fraction of sp³-hybridized carbons (Fsp3) is 0.647. The summed E-state index contributed by atoms with van der Waals surface area (Å²) in [6.07, 6.45) is 7.38. The molecule has 2 saturated carbocycles. The molecule has 2 aliphatic rings. The van der Waals surface area contributed by atoms with E-state index >= 15 is 0 Å². The van der Waals surface area contributed by atoms with Gasteiger partial charge < -0.3 is 11.1 Å². The van der Waals surface area contributed by atoms with Crippen LogP contribution in [0.25, 0.3) is 0 Å². The van der Waals surface area contributed by atoms with Gasteiger partial charge in [0.1, 0.15) is 0 Å². The van der Waals surface area contributed by atoms with Crippen LogP contribution in [-0.2, 0) is 11.3 Å². The molecule has 3 rings (SSSR count). The summed E-state index contributed by atoms with van der Waals surface area (Å²) in [5.74, 6) is 1.42. The number of rotatable bonds is 3. The molecule has 0 radical (unpaired) electrons. The number of aryl methyl sites for hydroxylation is 1. The number of carbonyl (C=O) groups excluding carboxylic acids is 1. The fourth-order valence-electron chi connectivity index (χ4n) is 4.02. The van der Waals surface area contributed by atoms with E-state index in [4.69, 9.17) is 5.73 Å². The second-order valence-corrected chi connectivity index (χ2v) is 6.68. The molecule has 2 atom stereocenters. The molecule has 1 aromatic rings. The third kappa shape index (κ3) is 4.59. The maximum absolute atomic E-state index is 12.4. The lowest BCUT2D eigenvalue weighted by molar-refractivity contribution is -0.128. The average molecular weight is 360 g/mol. The standard InChI is InChI=1S/C17H25N3O.2ClH/c1-11-4-3-7-19-15(11)10-20-17(21)14-8-12-5-2-6-13(9-14)16(12)18;;/h3-4,7,12-14,16H,2,5-6,8-10,18H2,1H3,(H,20,21);2*1H. The number of carbonyl (C=O) groups is 1. The second kappa shape index (κ2) is 8.86. The quantitative estimate of drug-likeness (QED) is 0.871. The first-order valence-corrected chi connectivity index (χ1v) is 8.09. The second-order valence-electron chi connectivity index (χ2n) is 6.68. The van der Waals surface area contributed by atoms with Gasteiger partial charge in [0, 0.05) is 18.2 Å². The molecule has 6 heteroatoms. The molecule has 2 bridgehead atoms. The van der Waals surface area contributed by atoms with E-state index in [9.17, 15) is 4.79 Å². The minimum absolute atomic E-state index is 0. The van der Waals surface area contributed by atoms with Crippen molar-refractivity contribution >= 4 is 30.7 Å². The molecular weight excluding hydrogens is 333 g/mol. The Morgan fingerprint density at radius 3 is 2.57 bits per heavy atom. The highest BCUT2D eigenvalue weighted by Crippen LogP contribution is 2.41. The Balaban J connectivity index is 0.00000132. The van der Waals surface area contributed by atoms with E-state index in [0.29, 0.717) is 24.4 Å². The molecule has 1 amide bonds. The molecule has 1 heterocycles. The van der Waals surface area contributed by atoms with Gasteiger partial charge in [-0.1, -0.05) is 12.5 Å². The summed E-state index contributed by atoms with van der Waals surface area (Å²) in [5.41, 5.74) is 8.37. The van der Waals surface area contributed by atoms with Crippen molar-refractivity contribution in [2.24, 2.45) is 23.5 Å². The van der Waals surface area contributed by atoms with E-state index in [1.165, 1.54) is 19.3 Å². The van der Waals surface area contributed by atoms with Gasteiger partial charge in [0.05, 0.1) is 12.2 Å². The van der Waals surface area contributed by atoms with E-state index in [1.807, 2.05) is 19.1 Å². The van der Waals surface area contributed by atoms with E-state index in [-0.39, 0.29) is 36.6 Å². The first-order chi connectivity index (χ1) is 10.1. The number of amides is 1. The number of hydrogen-bond acceptors (Lipinski definition) is 3. The molecule has 1 aromatic heterocycles. The predicted molar refractivity (Wildman–Crippen MR) is 96.8 cm³/mol. The van der Waals surface area contributed by atoms with Crippen molar-refractivity contribution in [3.05, 3.63) is 29.6 Å². The fourth-order valence-corrected chi connectivity index (χ4v) is 4.02. The molecule has 23 heavy (non-hydrogen) atoms. The first kappa shape index (κ1) is 20.2. The van der Waals surface area contributed by atoms with Gasteiger partial charge in [0.25, 0.3) is 0 Å². The summed E-state index contributed by atoms with van der Waals surface area (Å²) < 4.78 is 0. The Bertz CT molecular complexity index is 512. The number of aromatic nitrogens is 1. The Labute approximate surface area is 150 Å². The molecule has 0 spiro atoms. The summed E-state index contributed by atoms with van der Waals surface area (Å²) >= 11 is 0. The van der Waals surface area contributed by atoms with E-state index in [2.05, 4.69) is 10.3 Å². The van der Waals surface area contributed by atoms with Crippen molar-refractivity contribution < 1.29 is 4.79 Å². The molecule has 3 N–H and O–H groups in total. The maximum Gasteiger partial charge on any atom is 0.223 e. The third-order valence-corrected chi connectivity index (χ3v) is 5.33. The highest BCUT2D eigenvalue weighted by Gasteiger charge is 2.40. The van der Waals surface area contributed by atoms with Gasteiger partial charge in [-0.2, -0.15) is 0 Å². The van der Waals surface area contributed by atoms with E-state index in [0.717, 1.165) is 24.1 Å². The third-order valence-electron chi connectivity index (χ3n) is 5.33. The largest absolute Gasteiger partial charge is 0.350 e. The van der Waals surface area contributed by atoms with Crippen LogP contribution in [0.1, 0.15) is 43.4 Å². The Kier molecular flexibility index (Phi) is 7.78. The summed E-state index contributed by atoms with van der Waals surface area (Å²) in [5, 5.41) is 3.07. The maximum atomic E-state index is 12.4. The minimum atomic E-state index is 0. The lowest BCUT2D eigenvalue weighted by atomic mass is 9.65. The van der Waals surface area contributed by atoms with Gasteiger partial charge >= 0.3 is 0 Å². The van der Waals surface area contributed by atoms with Crippen LogP contribution < -0.4 is 11.1 Å². The molecule has 130 valence electrons. The van der Waals surface area contributed by atoms with Crippen molar-refractivity contribution in [3.63, 3.8) is 0 Å². The van der Waals surface area contributed by atoms with Gasteiger partial charge in [-0.15, -0.1) is 24.8 Å². The zero-order valence-corrected chi connectivity index (χ0v) is 15.2. The number of fused-ring (bicyclic) bond motifs is 2. The van der Waals surface area contributed by atoms with Crippen LogP contribution in [0.4, 0.5) is 0 Å². The summed E-state index contributed by atoms with van der Waals surface area (Å²) in [4.78, 5) is 16.8. The van der Waals surface area contributed by atoms with Gasteiger partial charge in [-0.05, 0) is 56.1 Å². The molecule has 0 aliphatic heterocycles. The van der Waals surface area contributed by atoms with Crippen molar-refractivity contribution in [2.75, 3.05) is 0 Å². The summed E-state index contributed by atoms with van der Waals surface area (Å²) in [6, 6.07) is 4.27. The van der Waals surface area contributed by atoms with Crippen LogP contribution in [0.2, 0.25) is 0 Å². The number of nitrogens with two attached hydrogens (primary N) is 1. The Hall–Kier alpha value is -0.840. The van der Waals surface area contributed by atoms with Crippen LogP contribution in [-0.4, -0.2) is 16.9 Å². The highest BCUT2D eigenvalue weighted by molar-refractivity contribution is 5.85. The minimum Gasteiger partial charge on any atom is -0.350 e. The molecule has 2 unspecified atom stereocenters. The molecule has 0 saturated heterocycles. The molecule has 2 aliphatic carbocycles. The monoisotopic (exact) mass is 359 g/mol. The molecule has 2 fully saturated rings. The number of halogens is 2. The van der Waals surface area contributed by atoms with Crippen LogP contribution in [0.15, 0.2) is 18.3 Å². The lowest BCUT2D eigenvalue weighted by Crippen LogP contribution is -2.49. The van der Waals surface area contributed by atoms with Gasteiger partial charge in [0.2, 0.25) is 5.91 Å². The smallest absolute Gasteiger partial charge is 0.223 e. The van der Waals surface area contributed by atoms with Crippen LogP contribution in [0.5, 0.6) is 0 Å². The van der Waals surface area contributed by atoms with Crippen LogP contribution in [0, 0.1) is 24.7 Å². The van der Waals surface area contributed by atoms with Crippen molar-refractivity contribution in [1.82, 2.24) is 10.3 Å². The Morgan fingerprint density at radius 2 is 1.96 bits per heavy atom. The van der Waals surface area contributed by atoms with Gasteiger partial charge in [-0.3, -0.25) is 9.78 Å². The topological polar surface area (TPSA) is 68.0 Å². The van der Waals surface area contributed by atoms with Crippen LogP contribution >= 0.6 is 24.8 Å². The van der Waals surface area contributed by atoms with E-state index in [1.54, 1.807) is 6.20 Å². The number of pyridine rings is 1. The normalized spacial score (nSPS) is 29.0.